The Bertz CT molecular complexity index is 715. The highest BCUT2D eigenvalue weighted by atomic mass is 35.5. The van der Waals surface area contributed by atoms with E-state index in [2.05, 4.69) is 5.32 Å². The van der Waals surface area contributed by atoms with Crippen LogP contribution in [0.3, 0.4) is 0 Å². The summed E-state index contributed by atoms with van der Waals surface area (Å²) in [5.41, 5.74) is 1.30. The molecule has 5 heteroatoms. The summed E-state index contributed by atoms with van der Waals surface area (Å²) >= 11 is 6.11. The molecule has 0 aromatic heterocycles. The van der Waals surface area contributed by atoms with Gasteiger partial charge in [-0.1, -0.05) is 41.9 Å². The molecule has 0 aliphatic carbocycles. The number of para-hydroxylation sites is 1. The van der Waals surface area contributed by atoms with Gasteiger partial charge in [0, 0.05) is 5.02 Å². The minimum Gasteiger partial charge on any atom is -0.483 e. The molecule has 0 radical (unpaired) electrons. The lowest BCUT2D eigenvalue weighted by Crippen LogP contribution is -2.31. The van der Waals surface area contributed by atoms with Crippen LogP contribution in [0.5, 0.6) is 5.75 Å². The molecule has 0 saturated carbocycles. The fourth-order valence-electron chi connectivity index (χ4n) is 2.21. The van der Waals surface area contributed by atoms with Crippen LogP contribution >= 0.6 is 11.6 Å². The molecule has 0 fully saturated rings. The summed E-state index contributed by atoms with van der Waals surface area (Å²) in [6.45, 7) is 3.14. The maximum absolute atomic E-state index is 12.0. The normalized spacial score (nSPS) is 11.6. The molecule has 0 heterocycles. The van der Waals surface area contributed by atoms with Gasteiger partial charge in [-0.2, -0.15) is 0 Å². The van der Waals surface area contributed by atoms with Gasteiger partial charge >= 0.3 is 0 Å². The van der Waals surface area contributed by atoms with E-state index in [1.807, 2.05) is 25.1 Å². The standard InChI is InChI=1S/C18H18ClNO3/c1-12(14-7-3-5-9-16(14)19)20-18(22)11-23-17-10-6-4-8-15(17)13(2)21/h3-10,12H,11H2,1-2H3,(H,20,22)/t12-/m1/s1. The maximum atomic E-state index is 12.0. The zero-order valence-corrected chi connectivity index (χ0v) is 13.8. The highest BCUT2D eigenvalue weighted by molar-refractivity contribution is 6.31. The Hall–Kier alpha value is -2.33. The minimum atomic E-state index is -0.282. The van der Waals surface area contributed by atoms with Crippen LogP contribution in [-0.2, 0) is 4.79 Å². The van der Waals surface area contributed by atoms with Crippen LogP contribution in [0.1, 0.15) is 35.8 Å². The molecule has 2 aromatic carbocycles. The summed E-state index contributed by atoms with van der Waals surface area (Å²) in [6, 6.07) is 13.9. The molecule has 23 heavy (non-hydrogen) atoms. The molecule has 0 spiro atoms. The number of amides is 1. The van der Waals surface area contributed by atoms with Crippen LogP contribution in [0, 0.1) is 0 Å². The lowest BCUT2D eigenvalue weighted by atomic mass is 10.1. The third-order valence-corrected chi connectivity index (χ3v) is 3.72. The molecule has 0 bridgehead atoms. The topological polar surface area (TPSA) is 55.4 Å². The van der Waals surface area contributed by atoms with Crippen molar-refractivity contribution < 1.29 is 14.3 Å². The number of halogens is 1. The average molecular weight is 332 g/mol. The molecular weight excluding hydrogens is 314 g/mol. The predicted molar refractivity (Wildman–Crippen MR) is 90.0 cm³/mol. The number of nitrogens with one attached hydrogen (secondary N) is 1. The monoisotopic (exact) mass is 331 g/mol. The van der Waals surface area contributed by atoms with Gasteiger partial charge in [0.1, 0.15) is 5.75 Å². The summed E-state index contributed by atoms with van der Waals surface area (Å²) in [5.74, 6) is 0.0155. The van der Waals surface area contributed by atoms with Crippen LogP contribution < -0.4 is 10.1 Å². The van der Waals surface area contributed by atoms with Crippen LogP contribution in [-0.4, -0.2) is 18.3 Å². The average Bonchev–Trinajstić information content (AvgIpc) is 2.53. The third-order valence-electron chi connectivity index (χ3n) is 3.37. The van der Waals surface area contributed by atoms with Crippen molar-refractivity contribution in [2.24, 2.45) is 0 Å². The van der Waals surface area contributed by atoms with Crippen LogP contribution in [0.4, 0.5) is 0 Å². The van der Waals surface area contributed by atoms with E-state index in [1.54, 1.807) is 30.3 Å². The Morgan fingerprint density at radius 3 is 2.48 bits per heavy atom. The Labute approximate surface area is 140 Å². The van der Waals surface area contributed by atoms with E-state index < -0.39 is 0 Å². The molecule has 1 amide bonds. The summed E-state index contributed by atoms with van der Waals surface area (Å²) < 4.78 is 5.46. The van der Waals surface area contributed by atoms with Crippen LogP contribution in [0.15, 0.2) is 48.5 Å². The van der Waals surface area contributed by atoms with E-state index in [-0.39, 0.29) is 24.3 Å². The predicted octanol–water partition coefficient (Wildman–Crippen LogP) is 3.80. The van der Waals surface area contributed by atoms with Gasteiger partial charge in [-0.05, 0) is 37.6 Å². The highest BCUT2D eigenvalue weighted by Gasteiger charge is 2.14. The first-order valence-electron chi connectivity index (χ1n) is 7.25. The van der Waals surface area contributed by atoms with Crippen molar-refractivity contribution in [3.63, 3.8) is 0 Å². The highest BCUT2D eigenvalue weighted by Crippen LogP contribution is 2.22. The first-order valence-corrected chi connectivity index (χ1v) is 7.63. The fourth-order valence-corrected chi connectivity index (χ4v) is 2.51. The molecule has 1 N–H and O–H groups in total. The zero-order valence-electron chi connectivity index (χ0n) is 13.0. The zero-order chi connectivity index (χ0) is 16.8. The minimum absolute atomic E-state index is 0.106. The van der Waals surface area contributed by atoms with Gasteiger partial charge in [-0.15, -0.1) is 0 Å². The SMILES string of the molecule is CC(=O)c1ccccc1OCC(=O)N[C@H](C)c1ccccc1Cl. The Morgan fingerprint density at radius 2 is 1.78 bits per heavy atom. The molecule has 2 rings (SSSR count). The fraction of sp³-hybridized carbons (Fsp3) is 0.222. The van der Waals surface area contributed by atoms with Crippen molar-refractivity contribution >= 4 is 23.3 Å². The lowest BCUT2D eigenvalue weighted by molar-refractivity contribution is -0.123. The third kappa shape index (κ3) is 4.57. The van der Waals surface area contributed by atoms with E-state index in [0.29, 0.717) is 16.3 Å². The van der Waals surface area contributed by atoms with Crippen molar-refractivity contribution in [3.05, 3.63) is 64.7 Å². The summed E-state index contributed by atoms with van der Waals surface area (Å²) in [4.78, 5) is 23.5. The Morgan fingerprint density at radius 1 is 1.13 bits per heavy atom. The first kappa shape index (κ1) is 17.0. The van der Waals surface area contributed by atoms with Gasteiger partial charge in [-0.25, -0.2) is 0 Å². The van der Waals surface area contributed by atoms with Crippen molar-refractivity contribution in [2.75, 3.05) is 6.61 Å². The Kier molecular flexibility index (Phi) is 5.77. The number of carbonyl (C=O) groups is 2. The molecule has 0 unspecified atom stereocenters. The number of hydrogen-bond acceptors (Lipinski definition) is 3. The number of carbonyl (C=O) groups excluding carboxylic acids is 2. The molecule has 0 saturated heterocycles. The maximum Gasteiger partial charge on any atom is 0.258 e. The van der Waals surface area contributed by atoms with E-state index in [9.17, 15) is 9.59 Å². The van der Waals surface area contributed by atoms with Gasteiger partial charge in [0.2, 0.25) is 0 Å². The van der Waals surface area contributed by atoms with Crippen molar-refractivity contribution in [1.82, 2.24) is 5.32 Å². The van der Waals surface area contributed by atoms with E-state index in [0.717, 1.165) is 5.56 Å². The van der Waals surface area contributed by atoms with Crippen molar-refractivity contribution in [2.45, 2.75) is 19.9 Å². The molecule has 120 valence electrons. The number of hydrogen-bond donors (Lipinski definition) is 1. The molecule has 4 nitrogen and oxygen atoms in total. The van der Waals surface area contributed by atoms with Crippen LogP contribution in [0.25, 0.3) is 0 Å². The molecule has 0 aliphatic rings. The van der Waals surface area contributed by atoms with Crippen LogP contribution in [0.2, 0.25) is 5.02 Å². The number of ketones is 1. The number of ether oxygens (including phenoxy) is 1. The summed E-state index contributed by atoms with van der Waals surface area (Å²) in [7, 11) is 0. The van der Waals surface area contributed by atoms with Gasteiger partial charge < -0.3 is 10.1 Å². The second-order valence-corrected chi connectivity index (χ2v) is 5.56. The Balaban J connectivity index is 1.96. The van der Waals surface area contributed by atoms with Gasteiger partial charge in [-0.3, -0.25) is 9.59 Å². The van der Waals surface area contributed by atoms with Gasteiger partial charge in [0.05, 0.1) is 11.6 Å². The molecular formula is C18H18ClNO3. The summed E-state index contributed by atoms with van der Waals surface area (Å²) in [6.07, 6.45) is 0. The molecule has 2 aromatic rings. The number of rotatable bonds is 6. The van der Waals surface area contributed by atoms with Crippen molar-refractivity contribution in [1.29, 1.82) is 0 Å². The smallest absolute Gasteiger partial charge is 0.258 e. The molecule has 1 atom stereocenters. The largest absolute Gasteiger partial charge is 0.483 e. The van der Waals surface area contributed by atoms with Gasteiger partial charge in [0.25, 0.3) is 5.91 Å². The second-order valence-electron chi connectivity index (χ2n) is 5.15. The van der Waals surface area contributed by atoms with Gasteiger partial charge in [0.15, 0.2) is 12.4 Å². The quantitative estimate of drug-likeness (QED) is 0.819. The summed E-state index contributed by atoms with van der Waals surface area (Å²) in [5, 5.41) is 3.42. The molecule has 0 aliphatic heterocycles. The van der Waals surface area contributed by atoms with E-state index in [1.165, 1.54) is 6.92 Å². The first-order chi connectivity index (χ1) is 11.0. The second kappa shape index (κ2) is 7.79. The van der Waals surface area contributed by atoms with E-state index >= 15 is 0 Å². The number of benzene rings is 2. The lowest BCUT2D eigenvalue weighted by Gasteiger charge is -2.16. The van der Waals surface area contributed by atoms with E-state index in [4.69, 9.17) is 16.3 Å². The number of Topliss-reactive ketones (excluding diaryl/α,β-unsaturated/α-hetero) is 1. The van der Waals surface area contributed by atoms with Crippen molar-refractivity contribution in [3.8, 4) is 5.75 Å².